The van der Waals surface area contributed by atoms with Gasteiger partial charge in [0.15, 0.2) is 0 Å². The van der Waals surface area contributed by atoms with Crippen LogP contribution in [0.4, 0.5) is 0 Å². The Hall–Kier alpha value is -9.44. The van der Waals surface area contributed by atoms with E-state index in [9.17, 15) is 0 Å². The number of aromatic nitrogens is 1. The van der Waals surface area contributed by atoms with Gasteiger partial charge >= 0.3 is 0 Å². The number of para-hydroxylation sites is 1. The Kier molecular flexibility index (Phi) is 15.3. The van der Waals surface area contributed by atoms with Gasteiger partial charge in [-0.3, -0.25) is 4.57 Å². The lowest BCUT2D eigenvalue weighted by molar-refractivity contribution is 0.731. The van der Waals surface area contributed by atoms with Crippen LogP contribution in [-0.2, 0) is 19.3 Å². The first kappa shape index (κ1) is 52.9. The van der Waals surface area contributed by atoms with E-state index >= 15 is 0 Å². The van der Waals surface area contributed by atoms with Gasteiger partial charge < -0.3 is 0 Å². The molecule has 0 fully saturated rings. The topological polar surface area (TPSA) is 29.6 Å². The van der Waals surface area contributed by atoms with Gasteiger partial charge in [-0.05, 0) is 171 Å². The number of rotatable bonds is 14. The van der Waals surface area contributed by atoms with Crippen molar-refractivity contribution in [2.24, 2.45) is 9.98 Å². The van der Waals surface area contributed by atoms with E-state index in [4.69, 9.17) is 16.6 Å². The highest BCUT2D eigenvalue weighted by atomic mass is 15.2. The predicted octanol–water partition coefficient (Wildman–Crippen LogP) is 20.9. The standard InChI is InChI=1S/C80H69N3/c1-4-5-36-76(66-49-47-64(48-50-66)61-28-13-8-14-29-61)82-80(81-56(3)58-43-45-63(46-44-58)60-26-11-7-12-27-60)83-77-37-22-21-35-73(77)78-75(71-53-51-65-30-16-18-32-68(65)69-33-19-20-34-70(69)71)54-74(67-31-17-15-23-55(67)2)72(79(78)83)52-40-57-38-41-62(42-39-57)59-24-9-6-10-25-59/h7-9,11-35,37-39,41-50,54,71H,3-6,10,36,40,51-53H2,1-2H3/b81-80+,82-76+. The van der Waals surface area contributed by atoms with Crippen molar-refractivity contribution < 1.29 is 0 Å². The maximum absolute atomic E-state index is 5.97. The maximum Gasteiger partial charge on any atom is 0.235 e. The summed E-state index contributed by atoms with van der Waals surface area (Å²) < 4.78 is 2.45. The number of benzene rings is 10. The average Bonchev–Trinajstić information content (AvgIpc) is 4.08. The number of aryl methyl sites for hydroxylation is 4. The van der Waals surface area contributed by atoms with Gasteiger partial charge in [0.2, 0.25) is 5.96 Å². The normalized spacial score (nSPS) is 14.3. The molecule has 0 N–H and O–H groups in total. The van der Waals surface area contributed by atoms with Gasteiger partial charge in [0.25, 0.3) is 0 Å². The first-order valence-corrected chi connectivity index (χ1v) is 29.9. The number of unbranched alkanes of at least 4 members (excludes halogenated alkanes) is 1. The van der Waals surface area contributed by atoms with Crippen molar-refractivity contribution in [2.75, 3.05) is 0 Å². The third kappa shape index (κ3) is 10.8. The minimum absolute atomic E-state index is 0.0816. The molecule has 0 aliphatic heterocycles. The molecule has 2 aliphatic rings. The monoisotopic (exact) mass is 1070 g/mol. The molecular weight excluding hydrogens is 1000 g/mol. The summed E-state index contributed by atoms with van der Waals surface area (Å²) in [5.41, 5.74) is 26.2. The molecule has 2 aliphatic carbocycles. The molecule has 1 heterocycles. The number of fused-ring (bicyclic) bond motifs is 6. The maximum atomic E-state index is 5.97. The Morgan fingerprint density at radius 1 is 0.542 bits per heavy atom. The fourth-order valence-corrected chi connectivity index (χ4v) is 12.9. The molecular formula is C80H69N3. The summed E-state index contributed by atoms with van der Waals surface area (Å²) in [6.45, 7) is 9.35. The molecule has 0 radical (unpaired) electrons. The van der Waals surface area contributed by atoms with Crippen molar-refractivity contribution in [2.45, 2.75) is 77.6 Å². The number of nitrogens with zero attached hydrogens (tertiary/aromatic N) is 3. The van der Waals surface area contributed by atoms with Gasteiger partial charge in [-0.25, -0.2) is 9.98 Å². The second kappa shape index (κ2) is 23.9. The fourth-order valence-electron chi connectivity index (χ4n) is 12.9. The Morgan fingerprint density at radius 2 is 1.16 bits per heavy atom. The lowest BCUT2D eigenvalue weighted by Crippen LogP contribution is -2.16. The minimum Gasteiger partial charge on any atom is -0.278 e. The minimum atomic E-state index is 0.0816. The molecule has 3 heteroatoms. The number of allylic oxidation sites excluding steroid dienone is 4. The molecule has 0 amide bonds. The highest BCUT2D eigenvalue weighted by Crippen LogP contribution is 2.49. The average molecular weight is 1070 g/mol. The first-order valence-electron chi connectivity index (χ1n) is 29.9. The quantitative estimate of drug-likeness (QED) is 0.0767. The van der Waals surface area contributed by atoms with Crippen LogP contribution in [0, 0.1) is 6.92 Å². The van der Waals surface area contributed by atoms with Crippen molar-refractivity contribution in [3.63, 3.8) is 0 Å². The molecule has 1 atom stereocenters. The Labute approximate surface area is 490 Å². The van der Waals surface area contributed by atoms with Crippen LogP contribution in [0.5, 0.6) is 0 Å². The highest BCUT2D eigenvalue weighted by molar-refractivity contribution is 6.20. The van der Waals surface area contributed by atoms with Crippen LogP contribution < -0.4 is 0 Å². The molecule has 0 saturated heterocycles. The summed E-state index contributed by atoms with van der Waals surface area (Å²) >= 11 is 0. The van der Waals surface area contributed by atoms with E-state index in [0.29, 0.717) is 11.7 Å². The number of hydrogen-bond donors (Lipinski definition) is 0. The van der Waals surface area contributed by atoms with Crippen molar-refractivity contribution in [3.05, 3.63) is 311 Å². The van der Waals surface area contributed by atoms with Crippen molar-refractivity contribution in [1.82, 2.24) is 4.57 Å². The molecule has 3 nitrogen and oxygen atoms in total. The molecule has 0 bridgehead atoms. The lowest BCUT2D eigenvalue weighted by Gasteiger charge is -2.24. The first-order chi connectivity index (χ1) is 41.0. The largest absolute Gasteiger partial charge is 0.278 e. The highest BCUT2D eigenvalue weighted by Gasteiger charge is 2.31. The summed E-state index contributed by atoms with van der Waals surface area (Å²) in [5.74, 6) is 0.686. The summed E-state index contributed by atoms with van der Waals surface area (Å²) in [4.78, 5) is 11.7. The molecule has 11 aromatic rings. The smallest absolute Gasteiger partial charge is 0.235 e. The third-order valence-corrected chi connectivity index (χ3v) is 17.3. The van der Waals surface area contributed by atoms with Crippen LogP contribution in [-0.4, -0.2) is 16.2 Å². The Morgan fingerprint density at radius 3 is 1.86 bits per heavy atom. The van der Waals surface area contributed by atoms with Crippen LogP contribution in [0.2, 0.25) is 0 Å². The van der Waals surface area contributed by atoms with Gasteiger partial charge in [-0.2, -0.15) is 0 Å². The van der Waals surface area contributed by atoms with E-state index in [1.165, 1.54) is 94.2 Å². The molecule has 1 aromatic heterocycles. The van der Waals surface area contributed by atoms with Gasteiger partial charge in [0.1, 0.15) is 0 Å². The van der Waals surface area contributed by atoms with E-state index in [1.807, 2.05) is 0 Å². The second-order valence-corrected chi connectivity index (χ2v) is 22.5. The second-order valence-electron chi connectivity index (χ2n) is 22.5. The Balaban J connectivity index is 1.09. The molecule has 0 spiro atoms. The molecule has 13 rings (SSSR count). The van der Waals surface area contributed by atoms with E-state index in [2.05, 4.69) is 273 Å². The summed E-state index contributed by atoms with van der Waals surface area (Å²) in [5, 5.41) is 2.45. The van der Waals surface area contributed by atoms with E-state index in [0.717, 1.165) is 91.2 Å². The van der Waals surface area contributed by atoms with Crippen LogP contribution >= 0.6 is 0 Å². The van der Waals surface area contributed by atoms with Gasteiger partial charge in [-0.15, -0.1) is 0 Å². The number of hydrogen-bond acceptors (Lipinski definition) is 1. The van der Waals surface area contributed by atoms with Crippen molar-refractivity contribution in [3.8, 4) is 44.5 Å². The summed E-state index contributed by atoms with van der Waals surface area (Å²) in [6, 6.07) is 87.1. The van der Waals surface area contributed by atoms with Crippen molar-refractivity contribution >= 4 is 44.7 Å². The van der Waals surface area contributed by atoms with Crippen LogP contribution in [0.25, 0.3) is 77.6 Å². The van der Waals surface area contributed by atoms with Gasteiger partial charge in [0.05, 0.1) is 22.4 Å². The van der Waals surface area contributed by atoms with Gasteiger partial charge in [0, 0.05) is 16.7 Å². The molecule has 0 saturated carbocycles. The number of aliphatic imine (C=N–C) groups is 2. The molecule has 1 unspecified atom stereocenters. The zero-order valence-corrected chi connectivity index (χ0v) is 47.7. The predicted molar refractivity (Wildman–Crippen MR) is 354 cm³/mol. The van der Waals surface area contributed by atoms with Crippen LogP contribution in [0.15, 0.2) is 271 Å². The summed E-state index contributed by atoms with van der Waals surface area (Å²) in [7, 11) is 0. The van der Waals surface area contributed by atoms with Crippen LogP contribution in [0.1, 0.15) is 101 Å². The van der Waals surface area contributed by atoms with Crippen molar-refractivity contribution in [1.29, 1.82) is 0 Å². The van der Waals surface area contributed by atoms with E-state index in [1.54, 1.807) is 0 Å². The van der Waals surface area contributed by atoms with E-state index < -0.39 is 0 Å². The Bertz CT molecular complexity index is 4280. The zero-order valence-electron chi connectivity index (χ0n) is 47.7. The summed E-state index contributed by atoms with van der Waals surface area (Å²) in [6.07, 6.45) is 15.5. The SMILES string of the molecule is C=C(/N=C(\N=C(/CCCC)c1ccc(-c2ccccc2)cc1)n1c2ccccc2c2c(C3CCc4ccccc4-c4ccccc43)cc(-c3ccccc3C)c(CCc3ccc(C4=CCCC=C4)cc3)c21)c1ccc(-c2ccccc2)cc1. The van der Waals surface area contributed by atoms with Crippen LogP contribution in [0.3, 0.4) is 0 Å². The lowest BCUT2D eigenvalue weighted by atomic mass is 9.80. The third-order valence-electron chi connectivity index (χ3n) is 17.3. The molecule has 10 aromatic carbocycles. The van der Waals surface area contributed by atoms with E-state index in [-0.39, 0.29) is 5.92 Å². The fraction of sp³-hybridized carbons (Fsp3) is 0.150. The zero-order chi connectivity index (χ0) is 56.1. The molecule has 404 valence electrons. The molecule has 83 heavy (non-hydrogen) atoms. The van der Waals surface area contributed by atoms with Gasteiger partial charge in [-0.1, -0.05) is 263 Å².